The fourth-order valence-corrected chi connectivity index (χ4v) is 3.32. The number of nitrogens with zero attached hydrogens (tertiary/aromatic N) is 5. The van der Waals surface area contributed by atoms with Crippen molar-refractivity contribution in [1.29, 1.82) is 10.7 Å². The first kappa shape index (κ1) is 23.0. The topological polar surface area (TPSA) is 181 Å². The lowest BCUT2D eigenvalue weighted by molar-refractivity contribution is 0.329. The van der Waals surface area contributed by atoms with Crippen LogP contribution in [0.15, 0.2) is 65.7 Å². The molecule has 2 aromatic heterocycles. The van der Waals surface area contributed by atoms with Gasteiger partial charge in [-0.3, -0.25) is 10.4 Å². The minimum atomic E-state index is -0.647. The van der Waals surface area contributed by atoms with Crippen molar-refractivity contribution < 1.29 is 9.47 Å². The third-order valence-electron chi connectivity index (χ3n) is 4.97. The van der Waals surface area contributed by atoms with Gasteiger partial charge < -0.3 is 20.5 Å². The van der Waals surface area contributed by atoms with E-state index in [0.29, 0.717) is 28.3 Å². The molecule has 0 saturated heterocycles. The average Bonchev–Trinajstić information content (AvgIpc) is 3.27. The second-order valence-electron chi connectivity index (χ2n) is 7.20. The van der Waals surface area contributed by atoms with Gasteiger partial charge in [0, 0.05) is 23.6 Å². The molecule has 4 aromatic rings. The van der Waals surface area contributed by atoms with Crippen LogP contribution in [0.5, 0.6) is 11.5 Å². The van der Waals surface area contributed by atoms with Crippen LogP contribution in [0.1, 0.15) is 23.0 Å². The van der Waals surface area contributed by atoms with Crippen LogP contribution in [0.2, 0.25) is 0 Å². The molecule has 4 rings (SSSR count). The fourth-order valence-electron chi connectivity index (χ4n) is 3.32. The number of hydrogen-bond acceptors (Lipinski definition) is 9. The highest BCUT2D eigenvalue weighted by atomic mass is 16.5. The zero-order valence-corrected chi connectivity index (χ0v) is 18.6. The van der Waals surface area contributed by atoms with E-state index in [-0.39, 0.29) is 24.2 Å². The van der Waals surface area contributed by atoms with Crippen molar-refractivity contribution in [3.8, 4) is 23.5 Å². The number of anilines is 1. The molecule has 1 unspecified atom stereocenters. The van der Waals surface area contributed by atoms with Crippen LogP contribution >= 0.6 is 0 Å². The molecule has 12 heteroatoms. The lowest BCUT2D eigenvalue weighted by Crippen LogP contribution is -2.18. The molecular weight excluding hydrogens is 450 g/mol. The Morgan fingerprint density at radius 3 is 2.63 bits per heavy atom. The van der Waals surface area contributed by atoms with Gasteiger partial charge in [-0.2, -0.15) is 5.26 Å². The Morgan fingerprint density at radius 1 is 1.23 bits per heavy atom. The number of nitrogen functional groups attached to an aromatic ring is 1. The van der Waals surface area contributed by atoms with Gasteiger partial charge in [-0.05, 0) is 48.0 Å². The van der Waals surface area contributed by atoms with E-state index in [2.05, 4.69) is 25.4 Å². The minimum Gasteiger partial charge on any atom is -0.493 e. The average molecular weight is 471 g/mol. The van der Waals surface area contributed by atoms with Crippen LogP contribution in [0.3, 0.4) is 0 Å². The molecule has 176 valence electrons. The van der Waals surface area contributed by atoms with Gasteiger partial charge in [0.25, 0.3) is 5.95 Å². The maximum atomic E-state index is 12.7. The second-order valence-corrected chi connectivity index (χ2v) is 7.20. The number of H-pyrrole nitrogens is 1. The Bertz CT molecular complexity index is 1420. The molecule has 0 saturated carbocycles. The largest absolute Gasteiger partial charge is 0.493 e. The third kappa shape index (κ3) is 5.09. The zero-order valence-electron chi connectivity index (χ0n) is 18.6. The highest BCUT2D eigenvalue weighted by molar-refractivity contribution is 5.95. The number of ether oxygens (including phenoxy) is 2. The van der Waals surface area contributed by atoms with Crippen molar-refractivity contribution in [3.05, 3.63) is 88.4 Å². The Hall–Kier alpha value is -5.18. The molecule has 12 nitrogen and oxygen atoms in total. The van der Waals surface area contributed by atoms with Crippen molar-refractivity contribution in [2.24, 2.45) is 5.73 Å². The number of nitrogens with two attached hydrogens (primary N) is 1. The summed E-state index contributed by atoms with van der Waals surface area (Å²) in [6.07, 6.45) is 3.02. The van der Waals surface area contributed by atoms with Gasteiger partial charge in [0.1, 0.15) is 17.9 Å². The monoisotopic (exact) mass is 471 g/mol. The van der Waals surface area contributed by atoms with Crippen molar-refractivity contribution in [3.63, 3.8) is 0 Å². The quantitative estimate of drug-likeness (QED) is 0.209. The summed E-state index contributed by atoms with van der Waals surface area (Å²) in [6.45, 7) is -0.165. The summed E-state index contributed by atoms with van der Waals surface area (Å²) < 4.78 is 11.9. The van der Waals surface area contributed by atoms with Crippen LogP contribution in [0, 0.1) is 16.7 Å². The maximum Gasteiger partial charge on any atom is 0.350 e. The standard InChI is InChI=1S/C23H21N9O3/c1-34-17-8-5-15(13-18(17)35-12-9-24)19(29-16-6-3-14(4-7-16)20(25)26)21-30-23(33)32(31-21)22-27-10-2-11-28-22/h2-8,10-11,13,19,29H,12H2,1H3,(H3,25,26)(H,30,31,33). The summed E-state index contributed by atoms with van der Waals surface area (Å²) in [5, 5.41) is 24.3. The number of nitriles is 1. The van der Waals surface area contributed by atoms with Crippen LogP contribution in [0.25, 0.3) is 5.95 Å². The van der Waals surface area contributed by atoms with E-state index in [9.17, 15) is 4.79 Å². The summed E-state index contributed by atoms with van der Waals surface area (Å²) in [4.78, 5) is 23.6. The molecule has 1 atom stereocenters. The first-order valence-corrected chi connectivity index (χ1v) is 10.4. The maximum absolute atomic E-state index is 12.7. The molecule has 0 spiro atoms. The number of nitrogens with one attached hydrogen (secondary N) is 3. The molecule has 0 radical (unpaired) electrons. The summed E-state index contributed by atoms with van der Waals surface area (Å²) >= 11 is 0. The highest BCUT2D eigenvalue weighted by Gasteiger charge is 2.22. The van der Waals surface area contributed by atoms with Gasteiger partial charge in [-0.1, -0.05) is 6.07 Å². The van der Waals surface area contributed by atoms with Gasteiger partial charge in [-0.25, -0.2) is 14.8 Å². The molecule has 0 bridgehead atoms. The van der Waals surface area contributed by atoms with Gasteiger partial charge in [-0.15, -0.1) is 9.78 Å². The van der Waals surface area contributed by atoms with Crippen LogP contribution in [-0.2, 0) is 0 Å². The first-order valence-electron chi connectivity index (χ1n) is 10.4. The number of amidine groups is 1. The summed E-state index contributed by atoms with van der Waals surface area (Å²) in [6, 6.07) is 15.0. The second kappa shape index (κ2) is 10.2. The van der Waals surface area contributed by atoms with Gasteiger partial charge in [0.05, 0.1) is 7.11 Å². The Morgan fingerprint density at radius 2 is 1.97 bits per heavy atom. The van der Waals surface area contributed by atoms with Crippen molar-refractivity contribution in [2.45, 2.75) is 6.04 Å². The number of rotatable bonds is 9. The third-order valence-corrected chi connectivity index (χ3v) is 4.97. The number of aromatic nitrogens is 5. The van der Waals surface area contributed by atoms with Crippen molar-refractivity contribution >= 4 is 11.5 Å². The molecule has 2 heterocycles. The van der Waals surface area contributed by atoms with Crippen LogP contribution in [0.4, 0.5) is 5.69 Å². The van der Waals surface area contributed by atoms with Crippen LogP contribution in [-0.4, -0.2) is 44.3 Å². The van der Waals surface area contributed by atoms with Gasteiger partial charge in [0.2, 0.25) is 0 Å². The molecule has 0 aliphatic carbocycles. The summed E-state index contributed by atoms with van der Waals surface area (Å²) in [7, 11) is 1.50. The summed E-state index contributed by atoms with van der Waals surface area (Å²) in [5.41, 5.74) is 6.97. The number of hydrogen-bond donors (Lipinski definition) is 4. The van der Waals surface area contributed by atoms with E-state index in [1.165, 1.54) is 19.5 Å². The molecular formula is C23H21N9O3. The first-order chi connectivity index (χ1) is 17.0. The van der Waals surface area contributed by atoms with Gasteiger partial charge >= 0.3 is 5.69 Å². The molecule has 5 N–H and O–H groups in total. The molecule has 0 aliphatic heterocycles. The van der Waals surface area contributed by atoms with Gasteiger partial charge in [0.15, 0.2) is 23.9 Å². The number of benzene rings is 2. The lowest BCUT2D eigenvalue weighted by atomic mass is 10.0. The number of methoxy groups -OCH3 is 1. The smallest absolute Gasteiger partial charge is 0.350 e. The SMILES string of the molecule is COc1ccc(C(Nc2ccc(C(=N)N)cc2)c2nn(-c3ncccn3)c(=O)[nH]2)cc1OCC#N. The Labute approximate surface area is 199 Å². The summed E-state index contributed by atoms with van der Waals surface area (Å²) in [5.74, 6) is 1.17. The van der Waals surface area contributed by atoms with Crippen molar-refractivity contribution in [2.75, 3.05) is 19.0 Å². The fraction of sp³-hybridized carbons (Fsp3) is 0.130. The van der Waals surface area contributed by atoms with E-state index < -0.39 is 11.7 Å². The minimum absolute atomic E-state index is 0.0477. The van der Waals surface area contributed by atoms with Crippen LogP contribution < -0.4 is 26.2 Å². The highest BCUT2D eigenvalue weighted by Crippen LogP contribution is 2.33. The molecule has 0 aliphatic rings. The molecule has 0 amide bonds. The van der Waals surface area contributed by atoms with E-state index in [1.54, 1.807) is 48.5 Å². The Balaban J connectivity index is 1.78. The molecule has 0 fully saturated rings. The van der Waals surface area contributed by atoms with E-state index >= 15 is 0 Å². The van der Waals surface area contributed by atoms with E-state index in [0.717, 1.165) is 4.68 Å². The van der Waals surface area contributed by atoms with E-state index in [4.69, 9.17) is 25.9 Å². The predicted molar refractivity (Wildman–Crippen MR) is 127 cm³/mol. The Kier molecular flexibility index (Phi) is 6.68. The van der Waals surface area contributed by atoms with Crippen molar-refractivity contribution in [1.82, 2.24) is 24.7 Å². The number of aromatic amines is 1. The zero-order chi connectivity index (χ0) is 24.8. The molecule has 2 aromatic carbocycles. The molecule has 35 heavy (non-hydrogen) atoms. The predicted octanol–water partition coefficient (Wildman–Crippen LogP) is 1.75. The lowest BCUT2D eigenvalue weighted by Gasteiger charge is -2.20. The van der Waals surface area contributed by atoms with E-state index in [1.807, 2.05) is 6.07 Å². The normalized spacial score (nSPS) is 11.3.